The van der Waals surface area contributed by atoms with E-state index in [0.717, 1.165) is 11.1 Å². The fourth-order valence-electron chi connectivity index (χ4n) is 2.87. The van der Waals surface area contributed by atoms with Gasteiger partial charge in [0.1, 0.15) is 11.5 Å². The average Bonchev–Trinajstić information content (AvgIpc) is 2.89. The van der Waals surface area contributed by atoms with Crippen LogP contribution in [0.15, 0.2) is 66.6 Å². The molecule has 0 amide bonds. The normalized spacial score (nSPS) is 19.3. The van der Waals surface area contributed by atoms with Crippen molar-refractivity contribution in [2.24, 2.45) is 18.1 Å². The molecule has 3 rings (SSSR count). The molecule has 0 aromatic heterocycles. The summed E-state index contributed by atoms with van der Waals surface area (Å²) in [6.07, 6.45) is 0. The summed E-state index contributed by atoms with van der Waals surface area (Å²) in [5.74, 6) is 0.897. The third-order valence-corrected chi connectivity index (χ3v) is 15.8. The van der Waals surface area contributed by atoms with Crippen LogP contribution in [-0.2, 0) is 27.1 Å². The van der Waals surface area contributed by atoms with Crippen LogP contribution in [0.3, 0.4) is 0 Å². The van der Waals surface area contributed by atoms with Crippen molar-refractivity contribution in [1.29, 1.82) is 0 Å². The van der Waals surface area contributed by atoms with E-state index >= 15 is 0 Å². The van der Waals surface area contributed by atoms with Gasteiger partial charge in [0, 0.05) is 42.7 Å². The molecule has 0 saturated carbocycles. The molecule has 0 bridgehead atoms. The second-order valence-corrected chi connectivity index (χ2v) is 16.6. The molecule has 12 nitrogen and oxygen atoms in total. The summed E-state index contributed by atoms with van der Waals surface area (Å²) in [6.45, 7) is 3.94. The Hall–Kier alpha value is -1.28. The van der Waals surface area contributed by atoms with Crippen LogP contribution in [0.5, 0.6) is 11.5 Å². The molecule has 2 aromatic rings. The number of hydrogen-bond acceptors (Lipinski definition) is 12. The number of rotatable bonds is 10. The molecule has 0 fully saturated rings. The highest BCUT2D eigenvalue weighted by Gasteiger charge is 2.43. The summed E-state index contributed by atoms with van der Waals surface area (Å²) in [4.78, 5) is 0. The van der Waals surface area contributed by atoms with Crippen molar-refractivity contribution in [2.45, 2.75) is 13.8 Å². The van der Waals surface area contributed by atoms with Gasteiger partial charge in [0.05, 0.1) is 0 Å². The first-order chi connectivity index (χ1) is 17.1. The molecule has 16 heteroatoms. The lowest BCUT2D eigenvalue weighted by Gasteiger charge is -2.30. The van der Waals surface area contributed by atoms with Crippen molar-refractivity contribution >= 4 is 30.6 Å². The number of hydrogen-bond donors (Lipinski definition) is 0. The minimum atomic E-state index is -3.75. The van der Waals surface area contributed by atoms with E-state index in [9.17, 15) is 0 Å². The molecular weight excluding hydrogens is 548 g/mol. The van der Waals surface area contributed by atoms with Gasteiger partial charge in [-0.2, -0.15) is 0 Å². The molecule has 1 aliphatic heterocycles. The van der Waals surface area contributed by atoms with Crippen LogP contribution in [0.2, 0.25) is 0 Å². The number of benzene rings is 2. The number of aryl methyl sites for hydroxylation is 2. The van der Waals surface area contributed by atoms with Crippen molar-refractivity contribution < 1.29 is 36.2 Å². The fourth-order valence-corrected chi connectivity index (χ4v) is 14.7. The van der Waals surface area contributed by atoms with Crippen molar-refractivity contribution in [3.05, 3.63) is 59.7 Å². The Balaban J connectivity index is 2.44. The average molecular weight is 580 g/mol. The van der Waals surface area contributed by atoms with E-state index in [1.54, 1.807) is 24.3 Å². The third-order valence-electron chi connectivity index (χ3n) is 4.82. The van der Waals surface area contributed by atoms with Gasteiger partial charge in [-0.3, -0.25) is 0 Å². The number of nitrogens with zero attached hydrogens (tertiary/aromatic N) is 4. The molecule has 1 heterocycles. The lowest BCUT2D eigenvalue weighted by molar-refractivity contribution is 0.307. The zero-order valence-electron chi connectivity index (χ0n) is 21.5. The highest BCUT2D eigenvalue weighted by molar-refractivity contribution is 7.78. The minimum Gasteiger partial charge on any atom is -0.413 e. The SMILES string of the molecule is COP1(OC)=NP(OC)(OC)=NP(Oc2ccc(C)cc2)(Oc2ccc(C)cc2)=NP(OC)(OC)=N1. The molecule has 0 N–H and O–H groups in total. The van der Waals surface area contributed by atoms with Crippen molar-refractivity contribution in [2.75, 3.05) is 42.7 Å². The zero-order chi connectivity index (χ0) is 26.5. The fraction of sp³-hybridized carbons (Fsp3) is 0.400. The van der Waals surface area contributed by atoms with Crippen LogP contribution in [0.25, 0.3) is 0 Å². The molecular formula is C20H32N4O8P4. The van der Waals surface area contributed by atoms with Crippen molar-refractivity contribution in [3.8, 4) is 11.5 Å². The summed E-state index contributed by atoms with van der Waals surface area (Å²) in [5.41, 5.74) is 2.10. The predicted octanol–water partition coefficient (Wildman–Crippen LogP) is 8.44. The van der Waals surface area contributed by atoms with E-state index in [4.69, 9.17) is 45.2 Å². The maximum atomic E-state index is 6.42. The maximum absolute atomic E-state index is 6.42. The molecule has 0 radical (unpaired) electrons. The van der Waals surface area contributed by atoms with Gasteiger partial charge in [-0.15, -0.1) is 18.1 Å². The lowest BCUT2D eigenvalue weighted by atomic mass is 10.2. The Morgan fingerprint density at radius 1 is 0.417 bits per heavy atom. The van der Waals surface area contributed by atoms with Gasteiger partial charge in [-0.1, -0.05) is 35.4 Å². The topological polar surface area (TPSA) is 123 Å². The Kier molecular flexibility index (Phi) is 9.81. The Morgan fingerprint density at radius 3 is 0.944 bits per heavy atom. The van der Waals surface area contributed by atoms with E-state index < -0.39 is 30.6 Å². The Morgan fingerprint density at radius 2 is 0.667 bits per heavy atom. The summed E-state index contributed by atoms with van der Waals surface area (Å²) in [7, 11) is -5.71. The van der Waals surface area contributed by atoms with Crippen LogP contribution in [0.1, 0.15) is 11.1 Å². The first kappa shape index (κ1) is 29.3. The monoisotopic (exact) mass is 580 g/mol. The molecule has 0 spiro atoms. The summed E-state index contributed by atoms with van der Waals surface area (Å²) < 4.78 is 65.9. The van der Waals surface area contributed by atoms with Gasteiger partial charge in [0.2, 0.25) is 0 Å². The predicted molar refractivity (Wildman–Crippen MR) is 143 cm³/mol. The largest absolute Gasteiger partial charge is 0.457 e. The maximum Gasteiger partial charge on any atom is 0.457 e. The van der Waals surface area contributed by atoms with Crippen LogP contribution in [-0.4, -0.2) is 42.7 Å². The Bertz CT molecular complexity index is 1200. The summed E-state index contributed by atoms with van der Waals surface area (Å²) >= 11 is 0. The van der Waals surface area contributed by atoms with Gasteiger partial charge < -0.3 is 36.2 Å². The quantitative estimate of drug-likeness (QED) is 0.257. The standard InChI is InChI=1S/C20H32N4O8P4/c1-17-9-13-19(14-10-17)31-36(32-20-15-11-18(2)12-16-20)23-34(27-5,28-6)21-33(25-3,26-4)22-35(24-36,29-7)30-8/h9-16H,1-8H3. The minimum absolute atomic E-state index is 0.448. The molecule has 0 aliphatic carbocycles. The first-order valence-electron chi connectivity index (χ1n) is 10.6. The first-order valence-corrected chi connectivity index (χ1v) is 16.7. The molecule has 2 aromatic carbocycles. The van der Waals surface area contributed by atoms with E-state index in [1.807, 2.05) is 38.1 Å². The van der Waals surface area contributed by atoms with Crippen LogP contribution < -0.4 is 9.05 Å². The second kappa shape index (κ2) is 12.1. The molecule has 200 valence electrons. The third kappa shape index (κ3) is 6.58. The zero-order valence-corrected chi connectivity index (χ0v) is 25.0. The summed E-state index contributed by atoms with van der Waals surface area (Å²) in [5, 5.41) is 0. The smallest absolute Gasteiger partial charge is 0.413 e. The molecule has 0 saturated heterocycles. The Labute approximate surface area is 212 Å². The van der Waals surface area contributed by atoms with Crippen LogP contribution >= 0.6 is 30.6 Å². The molecule has 0 atom stereocenters. The molecule has 1 aliphatic rings. The lowest BCUT2D eigenvalue weighted by Crippen LogP contribution is -2.04. The van der Waals surface area contributed by atoms with Gasteiger partial charge >= 0.3 is 30.6 Å². The highest BCUT2D eigenvalue weighted by atomic mass is 31.3. The van der Waals surface area contributed by atoms with Crippen molar-refractivity contribution in [3.63, 3.8) is 0 Å². The second-order valence-electron chi connectivity index (χ2n) is 7.22. The van der Waals surface area contributed by atoms with Crippen LogP contribution in [0.4, 0.5) is 0 Å². The van der Waals surface area contributed by atoms with Gasteiger partial charge in [0.15, 0.2) is 0 Å². The summed E-state index contributed by atoms with van der Waals surface area (Å²) in [6, 6.07) is 14.7. The van der Waals surface area contributed by atoms with Gasteiger partial charge in [-0.25, -0.2) is 0 Å². The van der Waals surface area contributed by atoms with E-state index in [1.165, 1.54) is 42.7 Å². The molecule has 36 heavy (non-hydrogen) atoms. The van der Waals surface area contributed by atoms with Gasteiger partial charge in [0.25, 0.3) is 0 Å². The van der Waals surface area contributed by atoms with Crippen LogP contribution in [0, 0.1) is 13.8 Å². The van der Waals surface area contributed by atoms with E-state index in [2.05, 4.69) is 9.03 Å². The highest BCUT2D eigenvalue weighted by Crippen LogP contribution is 2.79. The van der Waals surface area contributed by atoms with E-state index in [-0.39, 0.29) is 0 Å². The van der Waals surface area contributed by atoms with Gasteiger partial charge in [-0.05, 0) is 38.1 Å². The van der Waals surface area contributed by atoms with E-state index in [0.29, 0.717) is 11.5 Å². The van der Waals surface area contributed by atoms with Crippen molar-refractivity contribution in [1.82, 2.24) is 0 Å². The molecule has 0 unspecified atom stereocenters.